The average Bonchev–Trinajstić information content (AvgIpc) is 2.99. The molecule has 1 amide bonds. The molecule has 0 aromatic heterocycles. The second-order valence-corrected chi connectivity index (χ2v) is 8.27. The molecule has 3 rings (SSSR count). The number of nitrogens with zero attached hydrogens (tertiary/aromatic N) is 2. The minimum absolute atomic E-state index is 0.0458. The highest BCUT2D eigenvalue weighted by Crippen LogP contribution is 2.46. The lowest BCUT2D eigenvalue weighted by Crippen LogP contribution is -2.55. The van der Waals surface area contributed by atoms with Crippen molar-refractivity contribution in [1.29, 1.82) is 5.26 Å². The summed E-state index contributed by atoms with van der Waals surface area (Å²) < 4.78 is 27.1. The number of hydrogen-bond donors (Lipinski definition) is 2. The van der Waals surface area contributed by atoms with E-state index in [0.717, 1.165) is 0 Å². The summed E-state index contributed by atoms with van der Waals surface area (Å²) in [5, 5.41) is 9.23. The summed E-state index contributed by atoms with van der Waals surface area (Å²) in [5.41, 5.74) is 0.135. The molecule has 1 fully saturated rings. The van der Waals surface area contributed by atoms with E-state index in [4.69, 9.17) is 19.3 Å². The van der Waals surface area contributed by atoms with Gasteiger partial charge in [0.2, 0.25) is 5.91 Å². The molecule has 1 aromatic carbocycles. The highest BCUT2D eigenvalue weighted by atomic mass is 31.2. The molecule has 2 heterocycles. The van der Waals surface area contributed by atoms with Crippen molar-refractivity contribution in [2.24, 2.45) is 0 Å². The molecule has 10 heteroatoms. The van der Waals surface area contributed by atoms with Gasteiger partial charge in [-0.15, -0.1) is 0 Å². The number of carbonyl (C=O) groups is 1. The van der Waals surface area contributed by atoms with Gasteiger partial charge in [-0.25, -0.2) is 4.57 Å². The minimum Gasteiger partial charge on any atom is -0.485 e. The standard InChI is InChI=1S/C17H21N2O7P/c1-17(2)16(24-10-25-27(21,22)23)15(19-7-3-4-14(19)20)12-8-11(9-18)5-6-13(12)26-17/h5-6,8,15-16H,3-4,7,10H2,1-2H3,(H2,21,22,23)/t15-,16+/m0/s1. The Kier molecular flexibility index (Phi) is 5.30. The number of likely N-dealkylation sites (tertiary alicyclic amines) is 1. The van der Waals surface area contributed by atoms with E-state index in [9.17, 15) is 14.6 Å². The first-order chi connectivity index (χ1) is 12.6. The topological polar surface area (TPSA) is 129 Å². The summed E-state index contributed by atoms with van der Waals surface area (Å²) in [6, 6.07) is 6.48. The zero-order valence-corrected chi connectivity index (χ0v) is 15.9. The lowest BCUT2D eigenvalue weighted by atomic mass is 9.85. The third-order valence-electron chi connectivity index (χ3n) is 4.72. The minimum atomic E-state index is -4.70. The Morgan fingerprint density at radius 3 is 2.78 bits per heavy atom. The first kappa shape index (κ1) is 19.8. The average molecular weight is 396 g/mol. The normalized spacial score (nSPS) is 24.3. The fourth-order valence-corrected chi connectivity index (χ4v) is 3.78. The maximum atomic E-state index is 12.4. The van der Waals surface area contributed by atoms with Gasteiger partial charge in [0, 0.05) is 18.5 Å². The molecule has 27 heavy (non-hydrogen) atoms. The van der Waals surface area contributed by atoms with Gasteiger partial charge in [0.1, 0.15) is 17.5 Å². The Morgan fingerprint density at radius 2 is 2.19 bits per heavy atom. The van der Waals surface area contributed by atoms with Gasteiger partial charge in [0.15, 0.2) is 6.79 Å². The van der Waals surface area contributed by atoms with Crippen LogP contribution in [-0.4, -0.2) is 45.6 Å². The van der Waals surface area contributed by atoms with E-state index in [-0.39, 0.29) is 5.91 Å². The highest BCUT2D eigenvalue weighted by Gasteiger charge is 2.49. The van der Waals surface area contributed by atoms with E-state index in [2.05, 4.69) is 10.6 Å². The summed E-state index contributed by atoms with van der Waals surface area (Å²) in [6.45, 7) is 3.40. The monoisotopic (exact) mass is 396 g/mol. The molecule has 0 spiro atoms. The number of nitriles is 1. The second-order valence-electron chi connectivity index (χ2n) is 7.03. The number of fused-ring (bicyclic) bond motifs is 1. The third kappa shape index (κ3) is 4.15. The zero-order chi connectivity index (χ0) is 19.8. The Bertz CT molecular complexity index is 829. The molecule has 146 valence electrons. The van der Waals surface area contributed by atoms with Crippen molar-refractivity contribution in [3.05, 3.63) is 29.3 Å². The van der Waals surface area contributed by atoms with Gasteiger partial charge in [0.05, 0.1) is 17.7 Å². The summed E-state index contributed by atoms with van der Waals surface area (Å²) in [5.74, 6) is 0.495. The van der Waals surface area contributed by atoms with E-state index in [0.29, 0.717) is 36.3 Å². The van der Waals surface area contributed by atoms with Crippen LogP contribution in [-0.2, 0) is 18.6 Å². The van der Waals surface area contributed by atoms with Crippen LogP contribution in [0.4, 0.5) is 0 Å². The fourth-order valence-electron chi connectivity index (χ4n) is 3.59. The zero-order valence-electron chi connectivity index (χ0n) is 15.0. The van der Waals surface area contributed by atoms with Crippen molar-refractivity contribution in [3.63, 3.8) is 0 Å². The largest absolute Gasteiger partial charge is 0.485 e. The summed E-state index contributed by atoms with van der Waals surface area (Å²) in [7, 11) is -4.70. The predicted molar refractivity (Wildman–Crippen MR) is 92.4 cm³/mol. The third-order valence-corrected chi connectivity index (χ3v) is 5.16. The number of carbonyl (C=O) groups excluding carboxylic acids is 1. The molecule has 1 saturated heterocycles. The molecule has 2 N–H and O–H groups in total. The smallest absolute Gasteiger partial charge is 0.471 e. The molecule has 0 unspecified atom stereocenters. The SMILES string of the molecule is CC1(C)Oc2ccc(C#N)cc2[C@H](N2CCCC2=O)[C@H]1OCOP(=O)(O)O. The molecular formula is C17H21N2O7P. The highest BCUT2D eigenvalue weighted by molar-refractivity contribution is 7.46. The molecule has 2 aliphatic heterocycles. The van der Waals surface area contributed by atoms with E-state index in [1.54, 1.807) is 36.9 Å². The molecular weight excluding hydrogens is 375 g/mol. The van der Waals surface area contributed by atoms with E-state index in [1.807, 2.05) is 0 Å². The van der Waals surface area contributed by atoms with Crippen molar-refractivity contribution in [2.45, 2.75) is 44.4 Å². The summed E-state index contributed by atoms with van der Waals surface area (Å²) in [6.07, 6.45) is 0.361. The molecule has 0 saturated carbocycles. The predicted octanol–water partition coefficient (Wildman–Crippen LogP) is 1.84. The van der Waals surface area contributed by atoms with E-state index in [1.165, 1.54) is 0 Å². The van der Waals surface area contributed by atoms with Gasteiger partial charge in [-0.1, -0.05) is 0 Å². The Balaban J connectivity index is 2.01. The van der Waals surface area contributed by atoms with Gasteiger partial charge in [-0.2, -0.15) is 5.26 Å². The number of rotatable bonds is 5. The Morgan fingerprint density at radius 1 is 1.44 bits per heavy atom. The first-order valence-corrected chi connectivity index (χ1v) is 9.99. The summed E-state index contributed by atoms with van der Waals surface area (Å²) >= 11 is 0. The van der Waals surface area contributed by atoms with Crippen molar-refractivity contribution >= 4 is 13.7 Å². The quantitative estimate of drug-likeness (QED) is 0.570. The maximum absolute atomic E-state index is 12.4. The lowest BCUT2D eigenvalue weighted by molar-refractivity contribution is -0.166. The number of hydrogen-bond acceptors (Lipinski definition) is 6. The van der Waals surface area contributed by atoms with Crippen LogP contribution in [0, 0.1) is 11.3 Å². The molecule has 0 bridgehead atoms. The van der Waals surface area contributed by atoms with Crippen LogP contribution < -0.4 is 4.74 Å². The number of phosphoric ester groups is 1. The van der Waals surface area contributed by atoms with Gasteiger partial charge in [0.25, 0.3) is 0 Å². The van der Waals surface area contributed by atoms with Crippen LogP contribution in [0.25, 0.3) is 0 Å². The Labute approximate surface area is 156 Å². The van der Waals surface area contributed by atoms with Crippen LogP contribution in [0.15, 0.2) is 18.2 Å². The maximum Gasteiger partial charge on any atom is 0.471 e. The van der Waals surface area contributed by atoms with Crippen molar-refractivity contribution in [3.8, 4) is 11.8 Å². The number of benzene rings is 1. The lowest BCUT2D eigenvalue weighted by Gasteiger charge is -2.47. The van der Waals surface area contributed by atoms with Gasteiger partial charge >= 0.3 is 7.82 Å². The molecule has 2 aliphatic rings. The van der Waals surface area contributed by atoms with Crippen molar-refractivity contribution in [2.75, 3.05) is 13.3 Å². The van der Waals surface area contributed by atoms with Crippen LogP contribution in [0.3, 0.4) is 0 Å². The van der Waals surface area contributed by atoms with Crippen LogP contribution in [0.1, 0.15) is 43.9 Å². The van der Waals surface area contributed by atoms with E-state index >= 15 is 0 Å². The fraction of sp³-hybridized carbons (Fsp3) is 0.529. The van der Waals surface area contributed by atoms with Crippen LogP contribution in [0.2, 0.25) is 0 Å². The van der Waals surface area contributed by atoms with Gasteiger partial charge in [-0.3, -0.25) is 9.32 Å². The molecule has 1 aromatic rings. The number of ether oxygens (including phenoxy) is 2. The van der Waals surface area contributed by atoms with Crippen LogP contribution in [0.5, 0.6) is 5.75 Å². The van der Waals surface area contributed by atoms with E-state index < -0.39 is 32.4 Å². The first-order valence-electron chi connectivity index (χ1n) is 8.46. The van der Waals surface area contributed by atoms with Gasteiger partial charge in [-0.05, 0) is 38.5 Å². The van der Waals surface area contributed by atoms with Crippen LogP contribution >= 0.6 is 7.82 Å². The molecule has 2 atom stereocenters. The molecule has 0 radical (unpaired) electrons. The molecule has 0 aliphatic carbocycles. The second kappa shape index (κ2) is 7.23. The Hall–Kier alpha value is -1.95. The number of amides is 1. The van der Waals surface area contributed by atoms with Crippen molar-refractivity contribution < 1.29 is 33.1 Å². The van der Waals surface area contributed by atoms with Gasteiger partial charge < -0.3 is 24.2 Å². The van der Waals surface area contributed by atoms with Crippen molar-refractivity contribution in [1.82, 2.24) is 4.90 Å². The summed E-state index contributed by atoms with van der Waals surface area (Å²) in [4.78, 5) is 31.9. The number of phosphoric acid groups is 1. The molecule has 9 nitrogen and oxygen atoms in total.